The predicted molar refractivity (Wildman–Crippen MR) is 28.7 cm³/mol. The minimum Gasteiger partial charge on any atom is -0.478 e. The molecule has 0 aliphatic heterocycles. The summed E-state index contributed by atoms with van der Waals surface area (Å²) < 4.78 is 3.58. The minimum atomic E-state index is -1.22. The van der Waals surface area contributed by atoms with E-state index in [0.29, 0.717) is 12.2 Å². The van der Waals surface area contributed by atoms with Crippen LogP contribution in [-0.4, -0.2) is 17.0 Å². The zero-order valence-corrected chi connectivity index (χ0v) is 4.96. The van der Waals surface area contributed by atoms with Gasteiger partial charge in [-0.25, -0.2) is 9.59 Å². The van der Waals surface area contributed by atoms with Gasteiger partial charge in [0.1, 0.15) is 11.9 Å². The first-order valence-electron chi connectivity index (χ1n) is 1.90. The van der Waals surface area contributed by atoms with Crippen molar-refractivity contribution in [3.8, 4) is 0 Å². The van der Waals surface area contributed by atoms with Gasteiger partial charge in [0.2, 0.25) is 0 Å². The van der Waals surface area contributed by atoms with Gasteiger partial charge in [-0.05, 0) is 0 Å². The van der Waals surface area contributed by atoms with Crippen LogP contribution >= 0.6 is 11.9 Å². The van der Waals surface area contributed by atoms with Crippen molar-refractivity contribution in [3.05, 3.63) is 12.2 Å². The average Bonchev–Trinajstić information content (AvgIpc) is 1.83. The Morgan fingerprint density at radius 1 is 1.44 bits per heavy atom. The molecular weight excluding hydrogens is 147 g/mol. The molecule has 0 aliphatic rings. The lowest BCUT2D eigenvalue weighted by Gasteiger charge is -1.81. The standard InChI is InChI=1S/C4H3ClO4/c5-9-4(8)2-1-3(6)7/h1-2H,(H,6,7)/b2-1+. The smallest absolute Gasteiger partial charge is 0.349 e. The molecule has 4 nitrogen and oxygen atoms in total. The number of hydrogen-bond acceptors (Lipinski definition) is 3. The Kier molecular flexibility index (Phi) is 3.46. The summed E-state index contributed by atoms with van der Waals surface area (Å²) in [5.41, 5.74) is 0. The van der Waals surface area contributed by atoms with Crippen LogP contribution in [0, 0.1) is 0 Å². The van der Waals surface area contributed by atoms with Crippen LogP contribution in [0.3, 0.4) is 0 Å². The van der Waals surface area contributed by atoms with E-state index in [1.807, 2.05) is 0 Å². The van der Waals surface area contributed by atoms with Gasteiger partial charge in [-0.15, -0.1) is 0 Å². The molecule has 0 spiro atoms. The second kappa shape index (κ2) is 3.91. The molecule has 1 N–H and O–H groups in total. The summed E-state index contributed by atoms with van der Waals surface area (Å²) in [5.74, 6) is -2.13. The van der Waals surface area contributed by atoms with Crippen molar-refractivity contribution < 1.29 is 19.0 Å². The molecule has 0 aromatic rings. The number of carbonyl (C=O) groups excluding carboxylic acids is 1. The lowest BCUT2D eigenvalue weighted by molar-refractivity contribution is -0.133. The Morgan fingerprint density at radius 2 is 2.00 bits per heavy atom. The molecule has 0 rings (SSSR count). The molecule has 0 aromatic heterocycles. The highest BCUT2D eigenvalue weighted by atomic mass is 35.5. The number of aliphatic carboxylic acids is 1. The van der Waals surface area contributed by atoms with Crippen molar-refractivity contribution >= 4 is 23.8 Å². The number of hydrogen-bond donors (Lipinski definition) is 1. The Labute approximate surface area is 55.9 Å². The summed E-state index contributed by atoms with van der Waals surface area (Å²) in [6, 6.07) is 0. The minimum absolute atomic E-state index is 0.630. The van der Waals surface area contributed by atoms with Gasteiger partial charge in [0.15, 0.2) is 0 Å². The summed E-state index contributed by atoms with van der Waals surface area (Å²) in [5, 5.41) is 7.92. The molecular formula is C4H3ClO4. The van der Waals surface area contributed by atoms with E-state index in [1.54, 1.807) is 0 Å². The first kappa shape index (κ1) is 7.97. The van der Waals surface area contributed by atoms with E-state index < -0.39 is 11.9 Å². The third-order valence-corrected chi connectivity index (χ3v) is 0.590. The maximum Gasteiger partial charge on any atom is 0.349 e. The maximum atomic E-state index is 10.0. The van der Waals surface area contributed by atoms with Crippen molar-refractivity contribution in [1.29, 1.82) is 0 Å². The van der Waals surface area contributed by atoms with Crippen LogP contribution in [-0.2, 0) is 13.9 Å². The van der Waals surface area contributed by atoms with Crippen molar-refractivity contribution in [2.75, 3.05) is 0 Å². The zero-order valence-electron chi connectivity index (χ0n) is 4.20. The summed E-state index contributed by atoms with van der Waals surface area (Å²) in [4.78, 5) is 19.7. The van der Waals surface area contributed by atoms with E-state index >= 15 is 0 Å². The van der Waals surface area contributed by atoms with Crippen LogP contribution in [0.5, 0.6) is 0 Å². The second-order valence-corrected chi connectivity index (χ2v) is 1.22. The van der Waals surface area contributed by atoms with Gasteiger partial charge in [-0.1, -0.05) is 0 Å². The summed E-state index contributed by atoms with van der Waals surface area (Å²) >= 11 is 4.54. The Bertz CT molecular complexity index is 151. The SMILES string of the molecule is O=C(O)/C=C/C(=O)OCl. The number of carbonyl (C=O) groups is 2. The zero-order chi connectivity index (χ0) is 7.28. The fourth-order valence-electron chi connectivity index (χ4n) is 0.165. The Balaban J connectivity index is 3.71. The van der Waals surface area contributed by atoms with Gasteiger partial charge >= 0.3 is 11.9 Å². The van der Waals surface area contributed by atoms with Gasteiger partial charge in [-0.2, -0.15) is 0 Å². The number of rotatable bonds is 2. The van der Waals surface area contributed by atoms with Crippen molar-refractivity contribution in [2.24, 2.45) is 0 Å². The Morgan fingerprint density at radius 3 is 2.33 bits per heavy atom. The second-order valence-electron chi connectivity index (χ2n) is 1.07. The highest BCUT2D eigenvalue weighted by Gasteiger charge is 1.93. The molecule has 5 heteroatoms. The van der Waals surface area contributed by atoms with Gasteiger partial charge < -0.3 is 9.40 Å². The van der Waals surface area contributed by atoms with E-state index in [-0.39, 0.29) is 0 Å². The third-order valence-electron chi connectivity index (χ3n) is 0.438. The van der Waals surface area contributed by atoms with Gasteiger partial charge in [-0.3, -0.25) is 0 Å². The van der Waals surface area contributed by atoms with E-state index in [1.165, 1.54) is 0 Å². The molecule has 0 radical (unpaired) electrons. The van der Waals surface area contributed by atoms with Gasteiger partial charge in [0.25, 0.3) is 0 Å². The highest BCUT2D eigenvalue weighted by molar-refractivity contribution is 6.15. The molecule has 0 bridgehead atoms. The van der Waals surface area contributed by atoms with Gasteiger partial charge in [0.05, 0.1) is 0 Å². The molecule has 0 saturated carbocycles. The normalized spacial score (nSPS) is 9.44. The topological polar surface area (TPSA) is 63.6 Å². The quantitative estimate of drug-likeness (QED) is 0.576. The first-order chi connectivity index (χ1) is 4.16. The van der Waals surface area contributed by atoms with E-state index in [4.69, 9.17) is 5.11 Å². The molecule has 9 heavy (non-hydrogen) atoms. The average molecular weight is 151 g/mol. The van der Waals surface area contributed by atoms with Crippen molar-refractivity contribution in [2.45, 2.75) is 0 Å². The number of carboxylic acids is 1. The van der Waals surface area contributed by atoms with Crippen LogP contribution in [0.2, 0.25) is 0 Å². The first-order valence-corrected chi connectivity index (χ1v) is 2.21. The molecule has 0 saturated heterocycles. The number of carboxylic acid groups (broad SMARTS) is 1. The molecule has 0 heterocycles. The molecule has 0 atom stereocenters. The third kappa shape index (κ3) is 4.83. The summed E-state index contributed by atoms with van der Waals surface area (Å²) in [6.45, 7) is 0. The molecule has 50 valence electrons. The van der Waals surface area contributed by atoms with Crippen LogP contribution in [0.4, 0.5) is 0 Å². The van der Waals surface area contributed by atoms with Crippen LogP contribution in [0.15, 0.2) is 12.2 Å². The Hall–Kier alpha value is -1.03. The molecule has 0 unspecified atom stereocenters. The summed E-state index contributed by atoms with van der Waals surface area (Å²) in [7, 11) is 0. The maximum absolute atomic E-state index is 10.0. The monoisotopic (exact) mass is 150 g/mol. The predicted octanol–water partition coefficient (Wildman–Crippen LogP) is 0.324. The fraction of sp³-hybridized carbons (Fsp3) is 0. The van der Waals surface area contributed by atoms with Crippen LogP contribution < -0.4 is 0 Å². The molecule has 0 aromatic carbocycles. The highest BCUT2D eigenvalue weighted by Crippen LogP contribution is 1.83. The van der Waals surface area contributed by atoms with E-state index in [2.05, 4.69) is 16.2 Å². The van der Waals surface area contributed by atoms with Crippen molar-refractivity contribution in [3.63, 3.8) is 0 Å². The molecule has 0 fully saturated rings. The van der Waals surface area contributed by atoms with Crippen molar-refractivity contribution in [1.82, 2.24) is 0 Å². The fourth-order valence-corrected chi connectivity index (χ4v) is 0.216. The van der Waals surface area contributed by atoms with E-state index in [9.17, 15) is 9.59 Å². The molecule has 0 aliphatic carbocycles. The van der Waals surface area contributed by atoms with Crippen LogP contribution in [0.25, 0.3) is 0 Å². The lowest BCUT2D eigenvalue weighted by atomic mass is 10.5. The largest absolute Gasteiger partial charge is 0.478 e. The van der Waals surface area contributed by atoms with Gasteiger partial charge in [0, 0.05) is 12.2 Å². The lowest BCUT2D eigenvalue weighted by Crippen LogP contribution is -1.93. The molecule has 0 amide bonds. The van der Waals surface area contributed by atoms with E-state index in [0.717, 1.165) is 0 Å². The summed E-state index contributed by atoms with van der Waals surface area (Å²) in [6.07, 6.45) is 1.33. The number of halogens is 1. The van der Waals surface area contributed by atoms with Crippen LogP contribution in [0.1, 0.15) is 0 Å².